The van der Waals surface area contributed by atoms with Crippen molar-refractivity contribution < 1.29 is 19.4 Å². The maximum Gasteiger partial charge on any atom is 0.341 e. The molecule has 0 saturated carbocycles. The third-order valence-electron chi connectivity index (χ3n) is 4.37. The Bertz CT molecular complexity index is 783. The molecule has 0 bridgehead atoms. The van der Waals surface area contributed by atoms with Crippen molar-refractivity contribution in [2.24, 2.45) is 0 Å². The quantitative estimate of drug-likeness (QED) is 0.739. The van der Waals surface area contributed by atoms with Crippen LogP contribution in [0.2, 0.25) is 0 Å². The molecular weight excluding hydrogens is 366 g/mol. The second kappa shape index (κ2) is 8.88. The van der Waals surface area contributed by atoms with E-state index < -0.39 is 5.97 Å². The molecule has 27 heavy (non-hydrogen) atoms. The van der Waals surface area contributed by atoms with Crippen LogP contribution in [0, 0.1) is 0 Å². The number of carbonyl (C=O) groups is 2. The number of amides is 1. The molecule has 2 aromatic rings. The largest absolute Gasteiger partial charge is 0.508 e. The zero-order chi connectivity index (χ0) is 19.2. The Kier molecular flexibility index (Phi) is 6.31. The van der Waals surface area contributed by atoms with Crippen LogP contribution in [0.1, 0.15) is 17.3 Å². The van der Waals surface area contributed by atoms with Crippen LogP contribution in [0.25, 0.3) is 0 Å². The number of ether oxygens (including phenoxy) is 1. The van der Waals surface area contributed by atoms with E-state index in [9.17, 15) is 14.7 Å². The highest BCUT2D eigenvalue weighted by atomic mass is 32.1. The first-order chi connectivity index (χ1) is 13.1. The van der Waals surface area contributed by atoms with E-state index in [2.05, 4.69) is 15.1 Å². The summed E-state index contributed by atoms with van der Waals surface area (Å²) in [7, 11) is 0. The van der Waals surface area contributed by atoms with E-state index in [1.807, 2.05) is 12.1 Å². The molecule has 7 nitrogen and oxygen atoms in total. The number of nitrogens with zero attached hydrogens (tertiary/aromatic N) is 2. The van der Waals surface area contributed by atoms with Crippen LogP contribution in [0.15, 0.2) is 35.7 Å². The molecule has 8 heteroatoms. The number of thiophene rings is 1. The number of rotatable bonds is 6. The maximum atomic E-state index is 12.4. The summed E-state index contributed by atoms with van der Waals surface area (Å²) in [6.07, 6.45) is 0. The van der Waals surface area contributed by atoms with Gasteiger partial charge in [0.15, 0.2) is 0 Å². The summed E-state index contributed by atoms with van der Waals surface area (Å²) < 4.78 is 5.00. The molecule has 144 valence electrons. The van der Waals surface area contributed by atoms with Gasteiger partial charge in [0.25, 0.3) is 0 Å². The Morgan fingerprint density at radius 2 is 1.85 bits per heavy atom. The van der Waals surface area contributed by atoms with Gasteiger partial charge in [-0.05, 0) is 42.6 Å². The monoisotopic (exact) mass is 389 g/mol. The van der Waals surface area contributed by atoms with Gasteiger partial charge in [0.05, 0.1) is 18.7 Å². The van der Waals surface area contributed by atoms with Gasteiger partial charge in [-0.25, -0.2) is 4.79 Å². The van der Waals surface area contributed by atoms with Crippen molar-refractivity contribution in [1.82, 2.24) is 4.90 Å². The Morgan fingerprint density at radius 3 is 2.52 bits per heavy atom. The molecule has 1 aliphatic rings. The number of phenols is 1. The van der Waals surface area contributed by atoms with E-state index in [4.69, 9.17) is 4.74 Å². The number of nitrogens with one attached hydrogen (secondary N) is 1. The number of esters is 1. The first kappa shape index (κ1) is 19.2. The zero-order valence-electron chi connectivity index (χ0n) is 15.2. The van der Waals surface area contributed by atoms with Crippen molar-refractivity contribution in [3.8, 4) is 5.75 Å². The van der Waals surface area contributed by atoms with E-state index >= 15 is 0 Å². The van der Waals surface area contributed by atoms with Crippen LogP contribution in [-0.2, 0) is 9.53 Å². The SMILES string of the molecule is CCOC(=O)c1ccsc1NC(=O)CN1CCN(c2ccc(O)cc2)CC1. The summed E-state index contributed by atoms with van der Waals surface area (Å²) in [6.45, 7) is 5.49. The van der Waals surface area contributed by atoms with Gasteiger partial charge in [0.1, 0.15) is 10.8 Å². The minimum atomic E-state index is -0.420. The number of hydrogen-bond donors (Lipinski definition) is 2. The lowest BCUT2D eigenvalue weighted by molar-refractivity contribution is -0.117. The third kappa shape index (κ3) is 4.99. The Labute approximate surface area is 162 Å². The number of piperazine rings is 1. The van der Waals surface area contributed by atoms with Crippen molar-refractivity contribution >= 4 is 33.9 Å². The van der Waals surface area contributed by atoms with Gasteiger partial charge in [-0.1, -0.05) is 0 Å². The first-order valence-electron chi connectivity index (χ1n) is 8.87. The number of hydrogen-bond acceptors (Lipinski definition) is 7. The summed E-state index contributed by atoms with van der Waals surface area (Å²) in [5.41, 5.74) is 1.46. The lowest BCUT2D eigenvalue weighted by Crippen LogP contribution is -2.48. The molecule has 1 aliphatic heterocycles. The van der Waals surface area contributed by atoms with Gasteiger partial charge < -0.3 is 20.1 Å². The fraction of sp³-hybridized carbons (Fsp3) is 0.368. The van der Waals surface area contributed by atoms with Crippen molar-refractivity contribution in [1.29, 1.82) is 0 Å². The van der Waals surface area contributed by atoms with E-state index in [0.717, 1.165) is 31.9 Å². The maximum absolute atomic E-state index is 12.4. The molecule has 2 N–H and O–H groups in total. The van der Waals surface area contributed by atoms with E-state index in [-0.39, 0.29) is 18.2 Å². The highest BCUT2D eigenvalue weighted by Crippen LogP contribution is 2.24. The predicted molar refractivity (Wildman–Crippen MR) is 106 cm³/mol. The molecule has 1 aromatic carbocycles. The van der Waals surface area contributed by atoms with E-state index in [1.165, 1.54) is 11.3 Å². The molecule has 3 rings (SSSR count). The standard InChI is InChI=1S/C19H23N3O4S/c1-2-26-19(25)16-7-12-27-18(16)20-17(24)13-21-8-10-22(11-9-21)14-3-5-15(23)6-4-14/h3-7,12,23H,2,8-11,13H2,1H3,(H,20,24). The molecular formula is C19H23N3O4S. The highest BCUT2D eigenvalue weighted by Gasteiger charge is 2.21. The minimum absolute atomic E-state index is 0.138. The fourth-order valence-corrected chi connectivity index (χ4v) is 3.76. The average molecular weight is 389 g/mol. The van der Waals surface area contributed by atoms with Crippen molar-refractivity contribution in [3.05, 3.63) is 41.3 Å². The van der Waals surface area contributed by atoms with Crippen LogP contribution < -0.4 is 10.2 Å². The first-order valence-corrected chi connectivity index (χ1v) is 9.75. The molecule has 0 radical (unpaired) electrons. The lowest BCUT2D eigenvalue weighted by atomic mass is 10.2. The van der Waals surface area contributed by atoms with Crippen molar-refractivity contribution in [2.45, 2.75) is 6.92 Å². The molecule has 1 aromatic heterocycles. The summed E-state index contributed by atoms with van der Waals surface area (Å²) >= 11 is 1.31. The number of aromatic hydroxyl groups is 1. The lowest BCUT2D eigenvalue weighted by Gasteiger charge is -2.35. The average Bonchev–Trinajstić information content (AvgIpc) is 3.11. The third-order valence-corrected chi connectivity index (χ3v) is 5.20. The number of anilines is 2. The minimum Gasteiger partial charge on any atom is -0.508 e. The summed E-state index contributed by atoms with van der Waals surface area (Å²) in [4.78, 5) is 28.6. The second-order valence-corrected chi connectivity index (χ2v) is 7.13. The van der Waals surface area contributed by atoms with Crippen LogP contribution in [0.5, 0.6) is 5.75 Å². The number of carbonyl (C=O) groups excluding carboxylic acids is 2. The van der Waals surface area contributed by atoms with Gasteiger partial charge in [-0.3, -0.25) is 9.69 Å². The van der Waals surface area contributed by atoms with Crippen LogP contribution >= 0.6 is 11.3 Å². The van der Waals surface area contributed by atoms with Crippen molar-refractivity contribution in [3.63, 3.8) is 0 Å². The molecule has 0 spiro atoms. The van der Waals surface area contributed by atoms with Gasteiger partial charge in [-0.2, -0.15) is 0 Å². The fourth-order valence-electron chi connectivity index (χ4n) is 2.97. The second-order valence-electron chi connectivity index (χ2n) is 6.21. The Hall–Kier alpha value is -2.58. The van der Waals surface area contributed by atoms with Gasteiger partial charge in [0.2, 0.25) is 5.91 Å². The van der Waals surface area contributed by atoms with E-state index in [1.54, 1.807) is 30.5 Å². The van der Waals surface area contributed by atoms with Gasteiger partial charge >= 0.3 is 5.97 Å². The Morgan fingerprint density at radius 1 is 1.15 bits per heavy atom. The van der Waals surface area contributed by atoms with Gasteiger partial charge in [-0.15, -0.1) is 11.3 Å². The summed E-state index contributed by atoms with van der Waals surface area (Å²) in [5.74, 6) is -0.303. The van der Waals surface area contributed by atoms with Crippen LogP contribution in [0.4, 0.5) is 10.7 Å². The van der Waals surface area contributed by atoms with Crippen molar-refractivity contribution in [2.75, 3.05) is 49.5 Å². The molecule has 1 amide bonds. The molecule has 0 aliphatic carbocycles. The molecule has 0 atom stereocenters. The predicted octanol–water partition coefficient (Wildman–Crippen LogP) is 2.39. The molecule has 1 saturated heterocycles. The topological polar surface area (TPSA) is 82.1 Å². The Balaban J connectivity index is 1.49. The molecule has 1 fully saturated rings. The summed E-state index contributed by atoms with van der Waals surface area (Å²) in [6, 6.07) is 8.81. The van der Waals surface area contributed by atoms with Crippen LogP contribution in [0.3, 0.4) is 0 Å². The smallest absolute Gasteiger partial charge is 0.341 e. The zero-order valence-corrected chi connectivity index (χ0v) is 16.0. The van der Waals surface area contributed by atoms with E-state index in [0.29, 0.717) is 17.2 Å². The molecule has 2 heterocycles. The number of benzene rings is 1. The molecule has 0 unspecified atom stereocenters. The van der Waals surface area contributed by atoms with Gasteiger partial charge in [0, 0.05) is 31.9 Å². The number of phenolic OH excluding ortho intramolecular Hbond substituents is 1. The summed E-state index contributed by atoms with van der Waals surface area (Å²) in [5, 5.41) is 14.5. The normalized spacial score (nSPS) is 14.8. The van der Waals surface area contributed by atoms with Crippen LogP contribution in [-0.4, -0.2) is 61.2 Å². The highest BCUT2D eigenvalue weighted by molar-refractivity contribution is 7.14.